The molecule has 1 aliphatic rings. The molecule has 3 aromatic rings. The van der Waals surface area contributed by atoms with Gasteiger partial charge in [0.15, 0.2) is 12.3 Å². The predicted molar refractivity (Wildman–Crippen MR) is 128 cm³/mol. The molecule has 0 aromatic heterocycles. The largest absolute Gasteiger partial charge is 0.487 e. The van der Waals surface area contributed by atoms with E-state index < -0.39 is 10.1 Å². The minimum absolute atomic E-state index is 0.0873. The molecule has 5 nitrogen and oxygen atoms in total. The minimum Gasteiger partial charge on any atom is -0.487 e. The molecule has 3 aromatic carbocycles. The first kappa shape index (κ1) is 22.5. The first-order valence-corrected chi connectivity index (χ1v) is 12.2. The lowest BCUT2D eigenvalue weighted by Crippen LogP contribution is -2.40. The van der Waals surface area contributed by atoms with Crippen molar-refractivity contribution in [2.45, 2.75) is 44.9 Å². The fraction of sp³-hybridized carbons (Fsp3) is 0.346. The van der Waals surface area contributed by atoms with Gasteiger partial charge >= 0.3 is 0 Å². The Balaban J connectivity index is 1.81. The minimum atomic E-state index is -4.25. The number of benzene rings is 3. The zero-order chi connectivity index (χ0) is 23.3. The number of para-hydroxylation sites is 1. The fourth-order valence-electron chi connectivity index (χ4n) is 5.26. The quantitative estimate of drug-likeness (QED) is 0.405. The Morgan fingerprint density at radius 3 is 2.31 bits per heavy atom. The second-order valence-corrected chi connectivity index (χ2v) is 11.3. The molecule has 0 amide bonds. The monoisotopic (exact) mass is 452 g/mol. The van der Waals surface area contributed by atoms with Crippen LogP contribution < -0.4 is 4.74 Å². The van der Waals surface area contributed by atoms with Gasteiger partial charge in [0.1, 0.15) is 12.4 Å². The lowest BCUT2D eigenvalue weighted by molar-refractivity contribution is -0.444. The van der Waals surface area contributed by atoms with E-state index in [1.54, 1.807) is 6.07 Å². The summed E-state index contributed by atoms with van der Waals surface area (Å²) >= 11 is 0. The number of hydrogen-bond acceptors (Lipinski definition) is 3. The third-order valence-electron chi connectivity index (χ3n) is 6.08. The molecule has 0 aliphatic carbocycles. The van der Waals surface area contributed by atoms with Gasteiger partial charge in [-0.1, -0.05) is 45.0 Å². The molecule has 0 radical (unpaired) electrons. The lowest BCUT2D eigenvalue weighted by Gasteiger charge is -2.27. The van der Waals surface area contributed by atoms with Gasteiger partial charge in [0.25, 0.3) is 10.1 Å². The number of rotatable bonds is 5. The van der Waals surface area contributed by atoms with Crippen LogP contribution >= 0.6 is 0 Å². The molecular formula is C26H30NO4S+. The van der Waals surface area contributed by atoms with Gasteiger partial charge in [-0.2, -0.15) is 13.0 Å². The van der Waals surface area contributed by atoms with Gasteiger partial charge in [0, 0.05) is 17.0 Å². The van der Waals surface area contributed by atoms with E-state index in [-0.39, 0.29) is 15.7 Å². The summed E-state index contributed by atoms with van der Waals surface area (Å²) in [6.45, 7) is 12.4. The van der Waals surface area contributed by atoms with Crippen LogP contribution in [0.5, 0.6) is 5.75 Å². The summed E-state index contributed by atoms with van der Waals surface area (Å²) in [6.07, 6.45) is 0. The molecule has 0 saturated carbocycles. The van der Waals surface area contributed by atoms with Crippen LogP contribution in [0.1, 0.15) is 40.2 Å². The van der Waals surface area contributed by atoms with Crippen molar-refractivity contribution >= 4 is 32.3 Å². The molecule has 0 atom stereocenters. The normalized spacial score (nSPS) is 15.8. The highest BCUT2D eigenvalue weighted by Crippen LogP contribution is 2.48. The molecule has 32 heavy (non-hydrogen) atoms. The topological polar surface area (TPSA) is 66.6 Å². The zero-order valence-corrected chi connectivity index (χ0v) is 20.0. The van der Waals surface area contributed by atoms with E-state index in [0.717, 1.165) is 22.2 Å². The molecule has 0 unspecified atom stereocenters. The van der Waals surface area contributed by atoms with Crippen LogP contribution in [0.4, 0.5) is 5.69 Å². The smallest absolute Gasteiger partial charge is 0.294 e. The Hall–Kier alpha value is -2.70. The van der Waals surface area contributed by atoms with Gasteiger partial charge < -0.3 is 4.74 Å². The molecule has 0 saturated heterocycles. The van der Waals surface area contributed by atoms with Crippen LogP contribution in [0, 0.1) is 5.41 Å². The zero-order valence-electron chi connectivity index (χ0n) is 19.2. The standard InChI is InChI=1S/C26H29NO4S/c1-25(2,3)24-26(4,5)23-21-13-12-20(32(28,29)30)17-18(21)11-14-22(23)27(24)15-16-31-19-9-7-6-8-10-19/h6-14,17H,15-16H2,1-5H3/p+1. The van der Waals surface area contributed by atoms with Gasteiger partial charge in [0.05, 0.1) is 10.3 Å². The van der Waals surface area contributed by atoms with Gasteiger partial charge in [-0.15, -0.1) is 0 Å². The van der Waals surface area contributed by atoms with Gasteiger partial charge in [-0.3, -0.25) is 4.55 Å². The summed E-state index contributed by atoms with van der Waals surface area (Å²) in [5.41, 5.74) is 3.23. The van der Waals surface area contributed by atoms with Crippen molar-refractivity contribution in [3.05, 3.63) is 66.2 Å². The van der Waals surface area contributed by atoms with Crippen molar-refractivity contribution in [2.75, 3.05) is 13.2 Å². The highest BCUT2D eigenvalue weighted by atomic mass is 32.2. The molecule has 0 spiro atoms. The summed E-state index contributed by atoms with van der Waals surface area (Å²) < 4.78 is 41.1. The maximum Gasteiger partial charge on any atom is 0.294 e. The maximum atomic E-state index is 11.6. The lowest BCUT2D eigenvalue weighted by atomic mass is 9.70. The fourth-order valence-corrected chi connectivity index (χ4v) is 5.78. The van der Waals surface area contributed by atoms with Crippen LogP contribution in [0.25, 0.3) is 10.8 Å². The Morgan fingerprint density at radius 1 is 1.00 bits per heavy atom. The second kappa shape index (κ2) is 7.71. The molecule has 0 bridgehead atoms. The predicted octanol–water partition coefficient (Wildman–Crippen LogP) is 5.59. The van der Waals surface area contributed by atoms with Crippen molar-refractivity contribution in [3.8, 4) is 5.75 Å². The summed E-state index contributed by atoms with van der Waals surface area (Å²) in [7, 11) is -4.25. The van der Waals surface area contributed by atoms with Crippen molar-refractivity contribution in [3.63, 3.8) is 0 Å². The Morgan fingerprint density at radius 2 is 1.69 bits per heavy atom. The van der Waals surface area contributed by atoms with Crippen LogP contribution in [0.15, 0.2) is 65.6 Å². The van der Waals surface area contributed by atoms with E-state index >= 15 is 0 Å². The Kier molecular flexibility index (Phi) is 5.42. The van der Waals surface area contributed by atoms with E-state index in [2.05, 4.69) is 45.3 Å². The number of hydrogen-bond donors (Lipinski definition) is 1. The summed E-state index contributed by atoms with van der Waals surface area (Å²) in [6, 6.07) is 18.6. The van der Waals surface area contributed by atoms with Crippen LogP contribution in [-0.4, -0.2) is 36.4 Å². The SMILES string of the molecule is CC(C)(C)C1=[N+](CCOc2ccccc2)c2ccc3cc(S(=O)(=O)O)ccc3c2C1(C)C. The van der Waals surface area contributed by atoms with Crippen LogP contribution in [-0.2, 0) is 15.5 Å². The number of ether oxygens (including phenoxy) is 1. The van der Waals surface area contributed by atoms with Gasteiger partial charge in [-0.05, 0) is 55.0 Å². The summed E-state index contributed by atoms with van der Waals surface area (Å²) in [5, 5.41) is 1.79. The molecule has 4 rings (SSSR count). The molecule has 0 fully saturated rings. The first-order valence-electron chi connectivity index (χ1n) is 10.8. The van der Waals surface area contributed by atoms with Crippen LogP contribution in [0.2, 0.25) is 0 Å². The average Bonchev–Trinajstić information content (AvgIpc) is 2.94. The number of fused-ring (bicyclic) bond motifs is 3. The van der Waals surface area contributed by atoms with Crippen LogP contribution in [0.3, 0.4) is 0 Å². The van der Waals surface area contributed by atoms with Crippen molar-refractivity contribution in [2.24, 2.45) is 5.41 Å². The van der Waals surface area contributed by atoms with Crippen molar-refractivity contribution in [1.82, 2.24) is 0 Å². The van der Waals surface area contributed by atoms with E-state index in [4.69, 9.17) is 4.74 Å². The van der Waals surface area contributed by atoms with E-state index in [9.17, 15) is 13.0 Å². The maximum absolute atomic E-state index is 11.6. The van der Waals surface area contributed by atoms with E-state index in [1.165, 1.54) is 17.3 Å². The summed E-state index contributed by atoms with van der Waals surface area (Å²) in [5.74, 6) is 0.847. The Bertz CT molecular complexity index is 1320. The van der Waals surface area contributed by atoms with Crippen molar-refractivity contribution in [1.29, 1.82) is 0 Å². The molecule has 168 valence electrons. The molecule has 1 N–H and O–H groups in total. The first-order chi connectivity index (χ1) is 14.9. The Labute approximate surface area is 190 Å². The second-order valence-electron chi connectivity index (χ2n) is 9.85. The van der Waals surface area contributed by atoms with E-state index in [1.807, 2.05) is 42.5 Å². The molecule has 1 aliphatic heterocycles. The molecule has 1 heterocycles. The van der Waals surface area contributed by atoms with Gasteiger partial charge in [-0.25, -0.2) is 0 Å². The van der Waals surface area contributed by atoms with Crippen molar-refractivity contribution < 1.29 is 22.3 Å². The van der Waals surface area contributed by atoms with E-state index in [0.29, 0.717) is 13.2 Å². The highest BCUT2D eigenvalue weighted by molar-refractivity contribution is 7.85. The third-order valence-corrected chi connectivity index (χ3v) is 6.93. The highest BCUT2D eigenvalue weighted by Gasteiger charge is 2.51. The number of nitrogens with zero attached hydrogens (tertiary/aromatic N) is 1. The summed E-state index contributed by atoms with van der Waals surface area (Å²) in [4.78, 5) is -0.0890. The molecular weight excluding hydrogens is 422 g/mol. The average molecular weight is 453 g/mol. The molecule has 6 heteroatoms. The van der Waals surface area contributed by atoms with Gasteiger partial charge in [0.2, 0.25) is 5.69 Å². The third kappa shape index (κ3) is 3.93.